The number of rotatable bonds is 20. The Morgan fingerprint density at radius 2 is 1.41 bits per heavy atom. The molecule has 0 aliphatic carbocycles. The Balaban J connectivity index is 0.00000112. The number of para-hydroxylation sites is 1. The van der Waals surface area contributed by atoms with Gasteiger partial charge in [-0.25, -0.2) is 4.41 Å². The summed E-state index contributed by atoms with van der Waals surface area (Å²) in [4.78, 5) is 0. The second-order valence-electron chi connectivity index (χ2n) is 13.5. The minimum Gasteiger partial charge on any atom is -0.381 e. The molecule has 64 heavy (non-hydrogen) atoms. The van der Waals surface area contributed by atoms with Crippen LogP contribution in [0.1, 0.15) is 87.1 Å². The molecule has 1 N–H and O–H groups in total. The van der Waals surface area contributed by atoms with Crippen LogP contribution in [0.5, 0.6) is 0 Å². The Labute approximate surface area is 395 Å². The van der Waals surface area contributed by atoms with E-state index < -0.39 is 0 Å². The molecule has 4 aromatic rings. The number of benzene rings is 4. The first-order valence-electron chi connectivity index (χ1n) is 22.8. The summed E-state index contributed by atoms with van der Waals surface area (Å²) < 4.78 is 9.02. The maximum absolute atomic E-state index is 4.99. The summed E-state index contributed by atoms with van der Waals surface area (Å²) in [7, 11) is 5.70. The van der Waals surface area contributed by atoms with Crippen LogP contribution in [0.2, 0.25) is 0 Å². The molecule has 4 rings (SSSR count). The van der Waals surface area contributed by atoms with Crippen molar-refractivity contribution < 1.29 is 4.74 Å². The van der Waals surface area contributed by atoms with Crippen molar-refractivity contribution in [2.75, 3.05) is 33.1 Å². The van der Waals surface area contributed by atoms with Gasteiger partial charge in [0.05, 0.1) is 25.0 Å². The smallest absolute Gasteiger partial charge is 0.0882 e. The van der Waals surface area contributed by atoms with Gasteiger partial charge in [-0.3, -0.25) is 0 Å². The summed E-state index contributed by atoms with van der Waals surface area (Å²) in [5.74, 6) is 0. The minimum absolute atomic E-state index is 0.598. The van der Waals surface area contributed by atoms with E-state index in [9.17, 15) is 0 Å². The van der Waals surface area contributed by atoms with Gasteiger partial charge in [-0.1, -0.05) is 202 Å². The maximum atomic E-state index is 4.99. The summed E-state index contributed by atoms with van der Waals surface area (Å²) >= 11 is 1.56. The number of hydrogen-bond acceptors (Lipinski definition) is 6. The molecule has 0 radical (unpaired) electrons. The van der Waals surface area contributed by atoms with Gasteiger partial charge in [-0.15, -0.1) is 0 Å². The molecule has 0 bridgehead atoms. The first kappa shape index (κ1) is 58.2. The van der Waals surface area contributed by atoms with Crippen LogP contribution in [0, 0.1) is 6.92 Å². The van der Waals surface area contributed by atoms with E-state index in [1.54, 1.807) is 25.3 Å². The fraction of sp³-hybridized carbons (Fsp3) is 0.293. The van der Waals surface area contributed by atoms with Gasteiger partial charge in [0.2, 0.25) is 0 Å². The summed E-state index contributed by atoms with van der Waals surface area (Å²) in [6, 6.07) is 36.1. The summed E-state index contributed by atoms with van der Waals surface area (Å²) in [6.45, 7) is 29.0. The van der Waals surface area contributed by atoms with Gasteiger partial charge in [0.1, 0.15) is 0 Å². The molecule has 0 fully saturated rings. The molecule has 0 aromatic heterocycles. The van der Waals surface area contributed by atoms with Gasteiger partial charge >= 0.3 is 0 Å². The largest absolute Gasteiger partial charge is 0.381 e. The Kier molecular flexibility index (Phi) is 34.3. The summed E-state index contributed by atoms with van der Waals surface area (Å²) in [5, 5.41) is 8.11. The zero-order valence-corrected chi connectivity index (χ0v) is 42.4. The molecule has 0 aliphatic rings. The highest BCUT2D eigenvalue weighted by molar-refractivity contribution is 7.94. The normalized spacial score (nSPS) is 11.4. The topological polar surface area (TPSA) is 40.1 Å². The number of hydrazone groups is 1. The number of allylic oxidation sites excluding steroid dienone is 13. The lowest BCUT2D eigenvalue weighted by Crippen LogP contribution is -2.15. The Bertz CT molecular complexity index is 2090. The number of hydrogen-bond donors (Lipinski definition) is 1. The van der Waals surface area contributed by atoms with Crippen molar-refractivity contribution in [2.45, 2.75) is 88.5 Å². The average molecular weight is 881 g/mol. The van der Waals surface area contributed by atoms with E-state index in [0.717, 1.165) is 47.4 Å². The van der Waals surface area contributed by atoms with Crippen LogP contribution >= 0.6 is 12.1 Å². The van der Waals surface area contributed by atoms with E-state index in [1.165, 1.54) is 33.5 Å². The highest BCUT2D eigenvalue weighted by Crippen LogP contribution is 2.29. The molecule has 6 heteroatoms. The van der Waals surface area contributed by atoms with Crippen molar-refractivity contribution in [1.29, 1.82) is 0 Å². The number of nitrogens with zero attached hydrogens (tertiary/aromatic N) is 3. The van der Waals surface area contributed by atoms with Gasteiger partial charge in [0.15, 0.2) is 0 Å². The molecule has 344 valence electrons. The number of aryl methyl sites for hydroxylation is 1. The van der Waals surface area contributed by atoms with Crippen molar-refractivity contribution in [2.24, 2.45) is 5.10 Å². The number of anilines is 2. The molecule has 0 amide bonds. The van der Waals surface area contributed by atoms with Gasteiger partial charge in [-0.2, -0.15) is 5.10 Å². The van der Waals surface area contributed by atoms with Crippen LogP contribution in [0.15, 0.2) is 205 Å². The second kappa shape index (κ2) is 37.7. The minimum atomic E-state index is 0.598. The molecular formula is C58H80N4OS. The molecule has 0 saturated heterocycles. The van der Waals surface area contributed by atoms with Crippen LogP contribution in [-0.4, -0.2) is 42.7 Å². The Morgan fingerprint density at radius 1 is 0.797 bits per heavy atom. The molecule has 5 nitrogen and oxygen atoms in total. The quantitative estimate of drug-likeness (QED) is 0.0315. The molecule has 0 atom stereocenters. The van der Waals surface area contributed by atoms with E-state index in [4.69, 9.17) is 4.74 Å². The van der Waals surface area contributed by atoms with Crippen molar-refractivity contribution in [3.63, 3.8) is 0 Å². The lowest BCUT2D eigenvalue weighted by atomic mass is 9.99. The first-order chi connectivity index (χ1) is 31.2. The van der Waals surface area contributed by atoms with Gasteiger partial charge in [0, 0.05) is 38.3 Å². The molecule has 0 spiro atoms. The molecule has 4 aromatic carbocycles. The maximum Gasteiger partial charge on any atom is 0.0882 e. The fourth-order valence-corrected chi connectivity index (χ4v) is 6.39. The van der Waals surface area contributed by atoms with E-state index >= 15 is 0 Å². The predicted molar refractivity (Wildman–Crippen MR) is 291 cm³/mol. The Morgan fingerprint density at radius 3 is 2.03 bits per heavy atom. The molecular weight excluding hydrogens is 801 g/mol. The Hall–Kier alpha value is -5.82. The van der Waals surface area contributed by atoms with Gasteiger partial charge in [0.25, 0.3) is 0 Å². The van der Waals surface area contributed by atoms with Crippen molar-refractivity contribution in [3.8, 4) is 22.3 Å². The molecule has 0 unspecified atom stereocenters. The molecule has 0 heterocycles. The first-order valence-corrected chi connectivity index (χ1v) is 23.5. The van der Waals surface area contributed by atoms with E-state index in [1.807, 2.05) is 110 Å². The van der Waals surface area contributed by atoms with Crippen molar-refractivity contribution >= 4 is 29.7 Å². The van der Waals surface area contributed by atoms with Crippen molar-refractivity contribution in [1.82, 2.24) is 8.72 Å². The second-order valence-corrected chi connectivity index (χ2v) is 14.7. The average Bonchev–Trinajstić information content (AvgIpc) is 3.33. The molecule has 0 saturated carbocycles. The van der Waals surface area contributed by atoms with E-state index in [-0.39, 0.29) is 0 Å². The zero-order valence-electron chi connectivity index (χ0n) is 41.6. The van der Waals surface area contributed by atoms with Crippen LogP contribution < -0.4 is 5.32 Å². The van der Waals surface area contributed by atoms with Crippen LogP contribution in [0.3, 0.4) is 0 Å². The van der Waals surface area contributed by atoms with Crippen LogP contribution in [0.4, 0.5) is 11.4 Å². The fourth-order valence-electron chi connectivity index (χ4n) is 5.68. The highest BCUT2D eigenvalue weighted by Gasteiger charge is 2.08. The van der Waals surface area contributed by atoms with Gasteiger partial charge in [-0.05, 0) is 108 Å². The highest BCUT2D eigenvalue weighted by atomic mass is 32.2. The monoisotopic (exact) mass is 881 g/mol. The SMILES string of the molecule is C=C/C=C(/C=N\N(C)SN(C)/C(=C/C/C=C\C)CCC)\C=C(/C)C(=C)/C=C\C=C/COC.CC.CC.CC.Cc1ccccc1Nc1cccc(-c2cccc(-c3ccccc3)c2)c1. The van der Waals surface area contributed by atoms with Crippen molar-refractivity contribution in [3.05, 3.63) is 205 Å². The number of methoxy groups -OCH3 is 1. The van der Waals surface area contributed by atoms with Crippen LogP contribution in [0.25, 0.3) is 22.3 Å². The lowest BCUT2D eigenvalue weighted by molar-refractivity contribution is 0.234. The standard InChI is InChI=1S/C27H41N3OS.C25H21N.3C2H6/c1-9-12-14-20-27(18-11-3)29(6)32-30(7)28-23-26(17-10-2)22-25(5)24(4)19-15-13-16-21-31-8;1-19-9-5-6-16-25(19)26-24-15-8-14-23(18-24)22-13-7-12-21(17-22)20-10-3-2-4-11-20;3*1-2/h9-10,12-13,15-17,19-20,22-23H,2,4,11,14,18,21H2,1,3,5-8H3;2-18,26H,1H3;3*1-2H3/b12-9-,16-13-,19-15-,25-22+,26-17+,27-20+,28-23-;;;;. The third kappa shape index (κ3) is 24.1. The number of ether oxygens (including phenoxy) is 1. The van der Waals surface area contributed by atoms with E-state index in [0.29, 0.717) is 6.61 Å². The van der Waals surface area contributed by atoms with Gasteiger partial charge < -0.3 is 14.4 Å². The van der Waals surface area contributed by atoms with Crippen LogP contribution in [-0.2, 0) is 4.74 Å². The molecule has 0 aliphatic heterocycles. The number of nitrogens with one attached hydrogen (secondary N) is 1. The zero-order chi connectivity index (χ0) is 48.0. The lowest BCUT2D eigenvalue weighted by Gasteiger charge is -2.24. The third-order valence-electron chi connectivity index (χ3n) is 8.84. The summed E-state index contributed by atoms with van der Waals surface area (Å²) in [6.07, 6.45) is 25.0. The van der Waals surface area contributed by atoms with E-state index in [2.05, 4.69) is 170 Å². The predicted octanol–water partition coefficient (Wildman–Crippen LogP) is 17.6. The summed E-state index contributed by atoms with van der Waals surface area (Å²) in [5.41, 5.74) is 12.6. The third-order valence-corrected chi connectivity index (χ3v) is 9.65.